The largest absolute Gasteiger partial charge is 0.456 e. The Morgan fingerprint density at radius 2 is 2.33 bits per heavy atom. The second-order valence-electron chi connectivity index (χ2n) is 3.74. The van der Waals surface area contributed by atoms with Crippen molar-refractivity contribution in [1.82, 2.24) is 10.2 Å². The van der Waals surface area contributed by atoms with Crippen molar-refractivity contribution in [2.75, 3.05) is 0 Å². The van der Waals surface area contributed by atoms with Crippen LogP contribution in [0.3, 0.4) is 0 Å². The van der Waals surface area contributed by atoms with Crippen molar-refractivity contribution in [3.63, 3.8) is 0 Å². The number of benzene rings is 1. The summed E-state index contributed by atoms with van der Waals surface area (Å²) in [4.78, 5) is 11.6. The molecule has 0 unspecified atom stereocenters. The lowest BCUT2D eigenvalue weighted by atomic mass is 10.2. The minimum absolute atomic E-state index is 0.152. The second-order valence-corrected chi connectivity index (χ2v) is 4.18. The van der Waals surface area contributed by atoms with Crippen LogP contribution in [-0.2, 0) is 11.3 Å². The number of carbonyl (C=O) groups is 1. The highest BCUT2D eigenvalue weighted by molar-refractivity contribution is 6.30. The molecule has 4 nitrogen and oxygen atoms in total. The number of rotatable bonds is 3. The molecule has 1 aromatic carbocycles. The van der Waals surface area contributed by atoms with E-state index >= 15 is 0 Å². The van der Waals surface area contributed by atoms with Gasteiger partial charge < -0.3 is 4.74 Å². The van der Waals surface area contributed by atoms with E-state index in [0.717, 1.165) is 0 Å². The SMILES string of the molecule is Cc1cn[nH]c1C(=O)OCc1ccc(Cl)cc1F. The fourth-order valence-electron chi connectivity index (χ4n) is 1.41. The summed E-state index contributed by atoms with van der Waals surface area (Å²) in [5.74, 6) is -1.07. The number of aromatic nitrogens is 2. The predicted molar refractivity (Wildman–Crippen MR) is 63.9 cm³/mol. The third-order valence-corrected chi connectivity index (χ3v) is 2.64. The first kappa shape index (κ1) is 12.6. The van der Waals surface area contributed by atoms with Gasteiger partial charge in [-0.15, -0.1) is 0 Å². The van der Waals surface area contributed by atoms with E-state index in [9.17, 15) is 9.18 Å². The van der Waals surface area contributed by atoms with Crippen molar-refractivity contribution in [2.45, 2.75) is 13.5 Å². The minimum atomic E-state index is -0.570. The van der Waals surface area contributed by atoms with Crippen molar-refractivity contribution < 1.29 is 13.9 Å². The highest BCUT2D eigenvalue weighted by Gasteiger charge is 2.13. The van der Waals surface area contributed by atoms with Crippen molar-refractivity contribution in [3.05, 3.63) is 52.1 Å². The van der Waals surface area contributed by atoms with Gasteiger partial charge in [0.15, 0.2) is 0 Å². The van der Waals surface area contributed by atoms with Gasteiger partial charge in [-0.25, -0.2) is 9.18 Å². The number of esters is 1. The monoisotopic (exact) mass is 268 g/mol. The average molecular weight is 269 g/mol. The van der Waals surface area contributed by atoms with Gasteiger partial charge in [-0.1, -0.05) is 17.7 Å². The normalized spacial score (nSPS) is 10.4. The second kappa shape index (κ2) is 5.18. The minimum Gasteiger partial charge on any atom is -0.456 e. The van der Waals surface area contributed by atoms with Crippen LogP contribution in [0.25, 0.3) is 0 Å². The van der Waals surface area contributed by atoms with Gasteiger partial charge in [0.1, 0.15) is 18.1 Å². The average Bonchev–Trinajstić information content (AvgIpc) is 2.74. The molecule has 0 spiro atoms. The van der Waals surface area contributed by atoms with E-state index in [0.29, 0.717) is 10.6 Å². The molecule has 0 aliphatic rings. The van der Waals surface area contributed by atoms with Crippen LogP contribution in [0.1, 0.15) is 21.6 Å². The molecule has 0 atom stereocenters. The Kier molecular flexibility index (Phi) is 3.62. The van der Waals surface area contributed by atoms with Crippen molar-refractivity contribution in [3.8, 4) is 0 Å². The Bertz CT molecular complexity index is 583. The van der Waals surface area contributed by atoms with Gasteiger partial charge in [-0.2, -0.15) is 5.10 Å². The Labute approximate surface area is 108 Å². The van der Waals surface area contributed by atoms with Crippen LogP contribution >= 0.6 is 11.6 Å². The van der Waals surface area contributed by atoms with Crippen LogP contribution < -0.4 is 0 Å². The zero-order chi connectivity index (χ0) is 13.1. The Morgan fingerprint density at radius 3 is 2.94 bits per heavy atom. The van der Waals surface area contributed by atoms with Gasteiger partial charge in [0.2, 0.25) is 0 Å². The van der Waals surface area contributed by atoms with Crippen molar-refractivity contribution in [2.24, 2.45) is 0 Å². The standard InChI is InChI=1S/C12H10ClFN2O2/c1-7-5-15-16-11(7)12(17)18-6-8-2-3-9(13)4-10(8)14/h2-5H,6H2,1H3,(H,15,16). The van der Waals surface area contributed by atoms with Gasteiger partial charge in [-0.3, -0.25) is 5.10 Å². The molecule has 1 heterocycles. The van der Waals surface area contributed by atoms with E-state index in [2.05, 4.69) is 10.2 Å². The maximum atomic E-state index is 13.4. The van der Waals surface area contributed by atoms with E-state index in [1.54, 1.807) is 6.92 Å². The number of H-pyrrole nitrogens is 1. The molecule has 0 fully saturated rings. The molecule has 18 heavy (non-hydrogen) atoms. The summed E-state index contributed by atoms with van der Waals surface area (Å²) in [7, 11) is 0. The zero-order valence-electron chi connectivity index (χ0n) is 9.54. The third kappa shape index (κ3) is 2.68. The molecular formula is C12H10ClFN2O2. The number of ether oxygens (including phenoxy) is 1. The van der Waals surface area contributed by atoms with Crippen LogP contribution in [-0.4, -0.2) is 16.2 Å². The molecule has 1 N–H and O–H groups in total. The molecule has 94 valence electrons. The Hall–Kier alpha value is -1.88. The molecular weight excluding hydrogens is 259 g/mol. The summed E-state index contributed by atoms with van der Waals surface area (Å²) in [6.45, 7) is 1.57. The van der Waals surface area contributed by atoms with E-state index in [-0.39, 0.29) is 17.9 Å². The van der Waals surface area contributed by atoms with Crippen molar-refractivity contribution >= 4 is 17.6 Å². The summed E-state index contributed by atoms with van der Waals surface area (Å²) in [5, 5.41) is 6.53. The summed E-state index contributed by atoms with van der Waals surface area (Å²) in [6.07, 6.45) is 1.51. The molecule has 1 aromatic heterocycles. The predicted octanol–water partition coefficient (Wildman–Crippen LogP) is 2.87. The maximum Gasteiger partial charge on any atom is 0.356 e. The number of aromatic amines is 1. The molecule has 0 aliphatic carbocycles. The lowest BCUT2D eigenvalue weighted by Gasteiger charge is -2.05. The lowest BCUT2D eigenvalue weighted by Crippen LogP contribution is -2.08. The molecule has 0 saturated carbocycles. The first-order valence-electron chi connectivity index (χ1n) is 5.19. The van der Waals surface area contributed by atoms with Gasteiger partial charge >= 0.3 is 5.97 Å². The molecule has 6 heteroatoms. The summed E-state index contributed by atoms with van der Waals surface area (Å²) < 4.78 is 18.4. The quantitative estimate of drug-likeness (QED) is 0.871. The molecule has 0 amide bonds. The number of aryl methyl sites for hydroxylation is 1. The highest BCUT2D eigenvalue weighted by Crippen LogP contribution is 2.16. The molecule has 2 aromatic rings. The number of nitrogens with one attached hydrogen (secondary N) is 1. The van der Waals surface area contributed by atoms with E-state index in [4.69, 9.17) is 16.3 Å². The van der Waals surface area contributed by atoms with Crippen LogP contribution in [0.4, 0.5) is 4.39 Å². The summed E-state index contributed by atoms with van der Waals surface area (Å²) in [6, 6.07) is 4.19. The highest BCUT2D eigenvalue weighted by atomic mass is 35.5. The van der Waals surface area contributed by atoms with Crippen LogP contribution in [0.2, 0.25) is 5.02 Å². The first-order chi connectivity index (χ1) is 8.58. The van der Waals surface area contributed by atoms with Gasteiger partial charge in [0.25, 0.3) is 0 Å². The van der Waals surface area contributed by atoms with Crippen LogP contribution in [0.15, 0.2) is 24.4 Å². The van der Waals surface area contributed by atoms with Gasteiger partial charge in [-0.05, 0) is 19.1 Å². The van der Waals surface area contributed by atoms with E-state index in [1.165, 1.54) is 24.4 Å². The van der Waals surface area contributed by atoms with Gasteiger partial charge in [0, 0.05) is 16.1 Å². The number of halogens is 2. The Morgan fingerprint density at radius 1 is 1.56 bits per heavy atom. The van der Waals surface area contributed by atoms with Crippen molar-refractivity contribution in [1.29, 1.82) is 0 Å². The van der Waals surface area contributed by atoms with Gasteiger partial charge in [0.05, 0.1) is 6.20 Å². The fourth-order valence-corrected chi connectivity index (χ4v) is 1.57. The molecule has 0 bridgehead atoms. The number of carbonyl (C=O) groups excluding carboxylic acids is 1. The molecule has 0 radical (unpaired) electrons. The zero-order valence-corrected chi connectivity index (χ0v) is 10.3. The molecule has 2 rings (SSSR count). The molecule has 0 aliphatic heterocycles. The fraction of sp³-hybridized carbons (Fsp3) is 0.167. The number of hydrogen-bond acceptors (Lipinski definition) is 3. The third-order valence-electron chi connectivity index (χ3n) is 2.41. The lowest BCUT2D eigenvalue weighted by molar-refractivity contribution is 0.0461. The van der Waals surface area contributed by atoms with E-state index < -0.39 is 11.8 Å². The van der Waals surface area contributed by atoms with E-state index in [1.807, 2.05) is 0 Å². The number of hydrogen-bond donors (Lipinski definition) is 1. The maximum absolute atomic E-state index is 13.4. The summed E-state index contributed by atoms with van der Waals surface area (Å²) in [5.41, 5.74) is 1.21. The smallest absolute Gasteiger partial charge is 0.356 e. The van der Waals surface area contributed by atoms with Crippen LogP contribution in [0.5, 0.6) is 0 Å². The van der Waals surface area contributed by atoms with Crippen LogP contribution in [0, 0.1) is 12.7 Å². The number of nitrogens with zero attached hydrogens (tertiary/aromatic N) is 1. The summed E-state index contributed by atoms with van der Waals surface area (Å²) >= 11 is 5.62. The first-order valence-corrected chi connectivity index (χ1v) is 5.56. The Balaban J connectivity index is 2.04. The molecule has 0 saturated heterocycles. The topological polar surface area (TPSA) is 55.0 Å².